The van der Waals surface area contributed by atoms with E-state index in [1.807, 2.05) is 0 Å². The number of rotatable bonds is 6. The molecule has 0 aromatic heterocycles. The van der Waals surface area contributed by atoms with Crippen LogP contribution in [0.4, 0.5) is 13.6 Å². The van der Waals surface area contributed by atoms with Gasteiger partial charge in [-0.3, -0.25) is 4.79 Å². The van der Waals surface area contributed by atoms with Crippen molar-refractivity contribution < 1.29 is 33.3 Å². The molecule has 2 aliphatic rings. The normalized spacial score (nSPS) is 26.0. The van der Waals surface area contributed by atoms with E-state index in [4.69, 9.17) is 4.74 Å². The highest BCUT2D eigenvalue weighted by Crippen LogP contribution is 2.41. The molecule has 2 unspecified atom stereocenters. The summed E-state index contributed by atoms with van der Waals surface area (Å²) >= 11 is 0. The van der Waals surface area contributed by atoms with Gasteiger partial charge in [0.2, 0.25) is 0 Å². The summed E-state index contributed by atoms with van der Waals surface area (Å²) in [4.78, 5) is 26.9. The van der Waals surface area contributed by atoms with Crippen LogP contribution in [0.3, 0.4) is 0 Å². The third kappa shape index (κ3) is 5.75. The number of carbonyl (C=O) groups excluding carboxylic acids is 2. The van der Waals surface area contributed by atoms with Gasteiger partial charge in [-0.05, 0) is 64.2 Å². The minimum atomic E-state index is -1.57. The highest BCUT2D eigenvalue weighted by atomic mass is 19.1. The minimum Gasteiger partial charge on any atom is -0.444 e. The Kier molecular flexibility index (Phi) is 7.09. The molecule has 2 saturated heterocycles. The van der Waals surface area contributed by atoms with Crippen molar-refractivity contribution in [1.82, 2.24) is 10.2 Å². The SMILES string of the molecule is CC(C)(C)OC(=O)N1C2CCC1CC(O)(C(=O)NCCC[C@H](O)c1cc(F)cc(F)c1)C2. The lowest BCUT2D eigenvalue weighted by atomic mass is 9.85. The first-order valence-corrected chi connectivity index (χ1v) is 11.0. The zero-order valence-electron chi connectivity index (χ0n) is 18.7. The largest absolute Gasteiger partial charge is 0.444 e. The smallest absolute Gasteiger partial charge is 0.410 e. The molecule has 0 radical (unpaired) electrons. The summed E-state index contributed by atoms with van der Waals surface area (Å²) in [7, 11) is 0. The molecule has 3 N–H and O–H groups in total. The van der Waals surface area contributed by atoms with Crippen molar-refractivity contribution in [2.75, 3.05) is 6.54 Å². The fraction of sp³-hybridized carbons (Fsp3) is 0.652. The second-order valence-corrected chi connectivity index (χ2v) is 9.83. The van der Waals surface area contributed by atoms with Gasteiger partial charge in [0.25, 0.3) is 5.91 Å². The van der Waals surface area contributed by atoms with Crippen molar-refractivity contribution in [3.8, 4) is 0 Å². The van der Waals surface area contributed by atoms with E-state index in [-0.39, 0.29) is 43.5 Å². The highest BCUT2D eigenvalue weighted by molar-refractivity contribution is 5.85. The number of halogens is 2. The lowest BCUT2D eigenvalue weighted by Gasteiger charge is -2.42. The lowest BCUT2D eigenvalue weighted by molar-refractivity contribution is -0.147. The van der Waals surface area contributed by atoms with Gasteiger partial charge in [0.05, 0.1) is 6.10 Å². The highest BCUT2D eigenvalue weighted by Gasteiger charge is 2.53. The number of benzene rings is 1. The predicted octanol–water partition coefficient (Wildman–Crippen LogP) is 3.19. The van der Waals surface area contributed by atoms with E-state index in [2.05, 4.69) is 5.32 Å². The molecule has 3 rings (SSSR count). The van der Waals surface area contributed by atoms with Crippen LogP contribution in [-0.4, -0.2) is 56.9 Å². The Hall–Kier alpha value is -2.26. The van der Waals surface area contributed by atoms with Gasteiger partial charge in [-0.1, -0.05) is 0 Å². The molecule has 32 heavy (non-hydrogen) atoms. The van der Waals surface area contributed by atoms with Crippen molar-refractivity contribution in [1.29, 1.82) is 0 Å². The van der Waals surface area contributed by atoms with Gasteiger partial charge < -0.3 is 25.2 Å². The minimum absolute atomic E-state index is 0.138. The van der Waals surface area contributed by atoms with Crippen molar-refractivity contribution in [3.05, 3.63) is 35.4 Å². The molecule has 0 spiro atoms. The summed E-state index contributed by atoms with van der Waals surface area (Å²) in [6.45, 7) is 5.58. The number of aliphatic hydroxyl groups is 2. The topological polar surface area (TPSA) is 99.1 Å². The maximum Gasteiger partial charge on any atom is 0.410 e. The van der Waals surface area contributed by atoms with E-state index < -0.39 is 40.9 Å². The van der Waals surface area contributed by atoms with E-state index in [1.54, 1.807) is 25.7 Å². The van der Waals surface area contributed by atoms with Crippen molar-refractivity contribution in [2.24, 2.45) is 0 Å². The Bertz CT molecular complexity index is 823. The molecule has 0 aliphatic carbocycles. The van der Waals surface area contributed by atoms with E-state index in [9.17, 15) is 28.6 Å². The third-order valence-electron chi connectivity index (χ3n) is 6.00. The molecule has 2 amide bonds. The van der Waals surface area contributed by atoms with Crippen LogP contribution in [0, 0.1) is 11.6 Å². The fourth-order valence-electron chi connectivity index (χ4n) is 4.62. The number of aliphatic hydroxyl groups excluding tert-OH is 1. The fourth-order valence-corrected chi connectivity index (χ4v) is 4.62. The number of amides is 2. The third-order valence-corrected chi connectivity index (χ3v) is 6.00. The number of nitrogens with one attached hydrogen (secondary N) is 1. The number of hydrogen-bond acceptors (Lipinski definition) is 5. The molecule has 2 fully saturated rings. The summed E-state index contributed by atoms with van der Waals surface area (Å²) in [6, 6.07) is 2.36. The summed E-state index contributed by atoms with van der Waals surface area (Å²) in [5, 5.41) is 23.8. The second kappa shape index (κ2) is 9.31. The first-order chi connectivity index (χ1) is 14.9. The number of hydrogen-bond donors (Lipinski definition) is 3. The average molecular weight is 455 g/mol. The molecule has 1 aromatic carbocycles. The Balaban J connectivity index is 1.49. The molecule has 178 valence electrons. The van der Waals surface area contributed by atoms with Crippen molar-refractivity contribution in [2.45, 2.75) is 88.7 Å². The van der Waals surface area contributed by atoms with E-state index >= 15 is 0 Å². The Labute approximate surface area is 186 Å². The molecule has 2 aliphatic heterocycles. The number of piperidine rings is 1. The van der Waals surface area contributed by atoms with Crippen LogP contribution in [0.5, 0.6) is 0 Å². The first kappa shape index (κ1) is 24.4. The predicted molar refractivity (Wildman–Crippen MR) is 113 cm³/mol. The average Bonchev–Trinajstić information content (AvgIpc) is 2.95. The maximum atomic E-state index is 13.3. The number of nitrogens with zero attached hydrogens (tertiary/aromatic N) is 1. The number of carbonyl (C=O) groups is 2. The maximum absolute atomic E-state index is 13.3. The van der Waals surface area contributed by atoms with Gasteiger partial charge in [-0.2, -0.15) is 0 Å². The van der Waals surface area contributed by atoms with Crippen LogP contribution in [0.2, 0.25) is 0 Å². The Morgan fingerprint density at radius 2 is 1.75 bits per heavy atom. The Morgan fingerprint density at radius 1 is 1.19 bits per heavy atom. The van der Waals surface area contributed by atoms with E-state index in [0.29, 0.717) is 19.3 Å². The summed E-state index contributed by atoms with van der Waals surface area (Å²) in [5.74, 6) is -2.03. The molecule has 7 nitrogen and oxygen atoms in total. The number of fused-ring (bicyclic) bond motifs is 2. The molecule has 9 heteroatoms. The van der Waals surface area contributed by atoms with Gasteiger partial charge in [0, 0.05) is 37.5 Å². The van der Waals surface area contributed by atoms with Gasteiger partial charge in [-0.25, -0.2) is 13.6 Å². The van der Waals surface area contributed by atoms with Gasteiger partial charge in [-0.15, -0.1) is 0 Å². The Morgan fingerprint density at radius 3 is 2.28 bits per heavy atom. The molecular formula is C23H32F2N2O5. The van der Waals surface area contributed by atoms with Crippen LogP contribution in [-0.2, 0) is 9.53 Å². The van der Waals surface area contributed by atoms with Crippen LogP contribution in [0.15, 0.2) is 18.2 Å². The van der Waals surface area contributed by atoms with Crippen molar-refractivity contribution in [3.63, 3.8) is 0 Å². The van der Waals surface area contributed by atoms with Crippen LogP contribution in [0.25, 0.3) is 0 Å². The monoisotopic (exact) mass is 454 g/mol. The summed E-state index contributed by atoms with van der Waals surface area (Å²) < 4.78 is 32.1. The molecule has 3 atom stereocenters. The zero-order chi connectivity index (χ0) is 23.7. The van der Waals surface area contributed by atoms with Crippen LogP contribution < -0.4 is 5.32 Å². The molecular weight excluding hydrogens is 422 g/mol. The molecule has 1 aromatic rings. The van der Waals surface area contributed by atoms with Gasteiger partial charge in [0.15, 0.2) is 0 Å². The second-order valence-electron chi connectivity index (χ2n) is 9.83. The van der Waals surface area contributed by atoms with Crippen molar-refractivity contribution >= 4 is 12.0 Å². The van der Waals surface area contributed by atoms with Gasteiger partial charge >= 0.3 is 6.09 Å². The lowest BCUT2D eigenvalue weighted by Crippen LogP contribution is -2.59. The number of ether oxygens (including phenoxy) is 1. The first-order valence-electron chi connectivity index (χ1n) is 11.0. The van der Waals surface area contributed by atoms with Gasteiger partial charge in [0.1, 0.15) is 22.8 Å². The van der Waals surface area contributed by atoms with Crippen LogP contribution >= 0.6 is 0 Å². The van der Waals surface area contributed by atoms with Crippen LogP contribution in [0.1, 0.15) is 71.0 Å². The van der Waals surface area contributed by atoms with E-state index in [0.717, 1.165) is 18.2 Å². The summed E-state index contributed by atoms with van der Waals surface area (Å²) in [5.41, 5.74) is -2.06. The quantitative estimate of drug-likeness (QED) is 0.574. The molecule has 2 heterocycles. The zero-order valence-corrected chi connectivity index (χ0v) is 18.7. The summed E-state index contributed by atoms with van der Waals surface area (Å²) in [6.07, 6.45) is 0.756. The van der Waals surface area contributed by atoms with E-state index in [1.165, 1.54) is 0 Å². The standard InChI is InChI=1S/C23H32F2N2O5/c1-22(2,3)32-21(30)27-17-6-7-18(27)13-23(31,12-17)20(29)26-8-4-5-19(28)14-9-15(24)11-16(25)10-14/h9-11,17-19,28,31H,4-8,12-13H2,1-3H3,(H,26,29)/t17?,18?,19-,23?/m0/s1. The molecule has 2 bridgehead atoms. The molecule has 0 saturated carbocycles.